The molecule has 1 fully saturated rings. The van der Waals surface area contributed by atoms with Crippen LogP contribution in [0.25, 0.3) is 0 Å². The van der Waals surface area contributed by atoms with Crippen LogP contribution in [0.15, 0.2) is 0 Å². The Labute approximate surface area is 115 Å². The Balaban J connectivity index is 2.70. The van der Waals surface area contributed by atoms with E-state index in [1.807, 2.05) is 11.8 Å². The molecule has 0 aromatic carbocycles. The normalized spacial score (nSPS) is 29.9. The van der Waals surface area contributed by atoms with E-state index in [9.17, 15) is 4.79 Å². The summed E-state index contributed by atoms with van der Waals surface area (Å²) in [6, 6.07) is 0. The third-order valence-electron chi connectivity index (χ3n) is 3.80. The molecule has 3 unspecified atom stereocenters. The summed E-state index contributed by atoms with van der Waals surface area (Å²) >= 11 is 2.03. The average molecular weight is 273 g/mol. The summed E-state index contributed by atoms with van der Waals surface area (Å²) in [5.41, 5.74) is -0.438. The first-order valence-electron chi connectivity index (χ1n) is 7.06. The molecule has 3 atom stereocenters. The van der Waals surface area contributed by atoms with Gasteiger partial charge in [0, 0.05) is 10.5 Å². The van der Waals surface area contributed by atoms with Gasteiger partial charge >= 0.3 is 5.97 Å². The minimum Gasteiger partial charge on any atom is -0.468 e. The lowest BCUT2D eigenvalue weighted by Crippen LogP contribution is -2.56. The third kappa shape index (κ3) is 3.89. The maximum absolute atomic E-state index is 12.1. The molecule has 0 heterocycles. The Bertz CT molecular complexity index is 269. The zero-order valence-corrected chi connectivity index (χ0v) is 12.9. The molecule has 0 spiro atoms. The predicted octanol–water partition coefficient (Wildman–Crippen LogP) is 2.98. The maximum Gasteiger partial charge on any atom is 0.326 e. The number of hydrogen-bond acceptors (Lipinski definition) is 4. The van der Waals surface area contributed by atoms with E-state index >= 15 is 0 Å². The summed E-state index contributed by atoms with van der Waals surface area (Å²) in [7, 11) is 1.49. The van der Waals surface area contributed by atoms with E-state index in [4.69, 9.17) is 4.74 Å². The molecule has 1 aliphatic rings. The van der Waals surface area contributed by atoms with Crippen molar-refractivity contribution in [1.82, 2.24) is 5.32 Å². The first-order chi connectivity index (χ1) is 8.57. The van der Waals surface area contributed by atoms with Crippen molar-refractivity contribution in [2.24, 2.45) is 0 Å². The van der Waals surface area contributed by atoms with E-state index < -0.39 is 5.54 Å². The molecular formula is C14H27NO2S. The van der Waals surface area contributed by atoms with Gasteiger partial charge < -0.3 is 10.1 Å². The van der Waals surface area contributed by atoms with Crippen LogP contribution in [0, 0.1) is 0 Å². The monoisotopic (exact) mass is 273 g/mol. The molecule has 0 saturated heterocycles. The van der Waals surface area contributed by atoms with Gasteiger partial charge in [0.05, 0.1) is 7.11 Å². The Morgan fingerprint density at radius 3 is 2.83 bits per heavy atom. The van der Waals surface area contributed by atoms with E-state index in [0.29, 0.717) is 10.5 Å². The van der Waals surface area contributed by atoms with Crippen molar-refractivity contribution in [3.05, 3.63) is 0 Å². The van der Waals surface area contributed by atoms with E-state index in [-0.39, 0.29) is 5.97 Å². The molecule has 3 nitrogen and oxygen atoms in total. The summed E-state index contributed by atoms with van der Waals surface area (Å²) in [5, 5.41) is 4.63. The largest absolute Gasteiger partial charge is 0.468 e. The van der Waals surface area contributed by atoms with Crippen molar-refractivity contribution in [2.75, 3.05) is 13.7 Å². The molecule has 18 heavy (non-hydrogen) atoms. The molecule has 4 heteroatoms. The van der Waals surface area contributed by atoms with E-state index in [1.54, 1.807) is 0 Å². The summed E-state index contributed by atoms with van der Waals surface area (Å²) in [6.07, 6.45) is 5.33. The van der Waals surface area contributed by atoms with Gasteiger partial charge in [-0.2, -0.15) is 11.8 Å². The third-order valence-corrected chi connectivity index (χ3v) is 5.38. The Morgan fingerprint density at radius 1 is 1.56 bits per heavy atom. The van der Waals surface area contributed by atoms with Gasteiger partial charge in [0.2, 0.25) is 0 Å². The highest BCUT2D eigenvalue weighted by molar-refractivity contribution is 8.00. The van der Waals surface area contributed by atoms with Crippen LogP contribution in [0.4, 0.5) is 0 Å². The van der Waals surface area contributed by atoms with Crippen LogP contribution in [0.5, 0.6) is 0 Å². The van der Waals surface area contributed by atoms with Gasteiger partial charge in [-0.1, -0.05) is 20.8 Å². The number of likely N-dealkylation sites (N-methyl/N-ethyl adjacent to an activating group) is 1. The maximum atomic E-state index is 12.1. The van der Waals surface area contributed by atoms with Crippen LogP contribution in [-0.4, -0.2) is 35.7 Å². The van der Waals surface area contributed by atoms with Gasteiger partial charge in [-0.3, -0.25) is 4.79 Å². The van der Waals surface area contributed by atoms with Crippen molar-refractivity contribution in [3.63, 3.8) is 0 Å². The quantitative estimate of drug-likeness (QED) is 0.755. The number of rotatable bonds is 6. The Kier molecular flexibility index (Phi) is 6.50. The molecule has 1 rings (SSSR count). The Morgan fingerprint density at radius 2 is 2.28 bits per heavy atom. The van der Waals surface area contributed by atoms with Crippen LogP contribution in [0.3, 0.4) is 0 Å². The molecule has 0 aromatic heterocycles. The molecule has 0 radical (unpaired) electrons. The smallest absolute Gasteiger partial charge is 0.326 e. The molecule has 106 valence electrons. The lowest BCUT2D eigenvalue weighted by Gasteiger charge is -2.39. The number of carbonyl (C=O) groups is 1. The lowest BCUT2D eigenvalue weighted by molar-refractivity contribution is -0.150. The fraction of sp³-hybridized carbons (Fsp3) is 0.929. The van der Waals surface area contributed by atoms with E-state index in [2.05, 4.69) is 26.1 Å². The van der Waals surface area contributed by atoms with Crippen LogP contribution in [0.1, 0.15) is 52.9 Å². The first-order valence-corrected chi connectivity index (χ1v) is 8.01. The first kappa shape index (κ1) is 15.8. The van der Waals surface area contributed by atoms with Crippen LogP contribution in [-0.2, 0) is 9.53 Å². The van der Waals surface area contributed by atoms with Gasteiger partial charge in [0.1, 0.15) is 5.54 Å². The number of carbonyl (C=O) groups excluding carboxylic acids is 1. The summed E-state index contributed by atoms with van der Waals surface area (Å²) in [5.74, 6) is -0.0844. The summed E-state index contributed by atoms with van der Waals surface area (Å²) in [4.78, 5) is 12.1. The number of thioether (sulfide) groups is 1. The van der Waals surface area contributed by atoms with Crippen LogP contribution in [0.2, 0.25) is 0 Å². The molecule has 1 aliphatic carbocycles. The van der Waals surface area contributed by atoms with Crippen molar-refractivity contribution in [3.8, 4) is 0 Å². The Hall–Kier alpha value is -0.220. The minimum absolute atomic E-state index is 0.0844. The van der Waals surface area contributed by atoms with Crippen molar-refractivity contribution in [1.29, 1.82) is 0 Å². The molecule has 1 saturated carbocycles. The number of nitrogens with one attached hydrogen (secondary N) is 1. The molecule has 0 aromatic rings. The highest BCUT2D eigenvalue weighted by Gasteiger charge is 2.43. The van der Waals surface area contributed by atoms with Crippen molar-refractivity contribution >= 4 is 17.7 Å². The van der Waals surface area contributed by atoms with Gasteiger partial charge in [-0.25, -0.2) is 0 Å². The number of esters is 1. The van der Waals surface area contributed by atoms with Gasteiger partial charge in [-0.05, 0) is 38.6 Å². The summed E-state index contributed by atoms with van der Waals surface area (Å²) in [6.45, 7) is 7.36. The second-order valence-corrected chi connectivity index (χ2v) is 6.92. The summed E-state index contributed by atoms with van der Waals surface area (Å²) < 4.78 is 5.01. The molecule has 0 bridgehead atoms. The molecular weight excluding hydrogens is 246 g/mol. The zero-order chi connectivity index (χ0) is 13.6. The highest BCUT2D eigenvalue weighted by Crippen LogP contribution is 2.37. The SMILES string of the molecule is CCNC1(C(=O)OC)CCCC(SC(C)CC)C1. The molecule has 0 amide bonds. The fourth-order valence-corrected chi connectivity index (χ4v) is 4.25. The lowest BCUT2D eigenvalue weighted by atomic mass is 9.81. The van der Waals surface area contributed by atoms with Gasteiger partial charge in [-0.15, -0.1) is 0 Å². The second kappa shape index (κ2) is 7.39. The number of methoxy groups -OCH3 is 1. The van der Waals surface area contributed by atoms with Crippen LogP contribution < -0.4 is 5.32 Å². The van der Waals surface area contributed by atoms with E-state index in [1.165, 1.54) is 20.0 Å². The topological polar surface area (TPSA) is 38.3 Å². The van der Waals surface area contributed by atoms with Crippen molar-refractivity contribution < 1.29 is 9.53 Å². The highest BCUT2D eigenvalue weighted by atomic mass is 32.2. The average Bonchev–Trinajstić information content (AvgIpc) is 2.38. The standard InChI is InChI=1S/C14H27NO2S/c1-5-11(3)18-12-8-7-9-14(10-12,15-6-2)13(16)17-4/h11-12,15H,5-10H2,1-4H3. The number of ether oxygens (including phenoxy) is 1. The molecule has 0 aliphatic heterocycles. The van der Waals surface area contributed by atoms with Crippen LogP contribution >= 0.6 is 11.8 Å². The van der Waals surface area contributed by atoms with Gasteiger partial charge in [0.25, 0.3) is 0 Å². The molecule has 1 N–H and O–H groups in total. The predicted molar refractivity (Wildman–Crippen MR) is 78.0 cm³/mol. The fourth-order valence-electron chi connectivity index (χ4n) is 2.72. The van der Waals surface area contributed by atoms with E-state index in [0.717, 1.165) is 25.8 Å². The second-order valence-electron chi connectivity index (χ2n) is 5.18. The van der Waals surface area contributed by atoms with Gasteiger partial charge in [0.15, 0.2) is 0 Å². The number of hydrogen-bond donors (Lipinski definition) is 1. The zero-order valence-electron chi connectivity index (χ0n) is 12.1. The minimum atomic E-state index is -0.438. The van der Waals surface area contributed by atoms with Crippen molar-refractivity contribution in [2.45, 2.75) is 68.9 Å².